The molecule has 0 radical (unpaired) electrons. The third-order valence-electron chi connectivity index (χ3n) is 2.47. The van der Waals surface area contributed by atoms with Crippen molar-refractivity contribution in [3.63, 3.8) is 0 Å². The zero-order valence-corrected chi connectivity index (χ0v) is 8.14. The van der Waals surface area contributed by atoms with Gasteiger partial charge in [-0.3, -0.25) is 4.79 Å². The summed E-state index contributed by atoms with van der Waals surface area (Å²) >= 11 is 0. The molecule has 0 saturated carbocycles. The Morgan fingerprint density at radius 2 is 1.73 bits per heavy atom. The van der Waals surface area contributed by atoms with E-state index in [1.807, 2.05) is 35.0 Å². The summed E-state index contributed by atoms with van der Waals surface area (Å²) in [5.74, 6) is 0.0880. The third-order valence-corrected chi connectivity index (χ3v) is 2.47. The molecule has 0 fully saturated rings. The van der Waals surface area contributed by atoms with Crippen LogP contribution in [0.5, 0.6) is 0 Å². The van der Waals surface area contributed by atoms with Crippen LogP contribution in [0.25, 0.3) is 0 Å². The Bertz CT molecular complexity index is 174. The molecule has 0 N–H and O–H groups in total. The quantitative estimate of drug-likeness (QED) is 0.443. The van der Waals surface area contributed by atoms with Gasteiger partial charge in [-0.25, -0.2) is 0 Å². The molecule has 0 aliphatic heterocycles. The highest BCUT2D eigenvalue weighted by molar-refractivity contribution is 5.95. The summed E-state index contributed by atoms with van der Waals surface area (Å²) in [6.45, 7) is 7.34. The minimum Gasteiger partial charge on any atom is -0.320 e. The largest absolute Gasteiger partial charge is 0.320 e. The zero-order chi connectivity index (χ0) is 9.28. The van der Waals surface area contributed by atoms with Gasteiger partial charge < -0.3 is 4.48 Å². The van der Waals surface area contributed by atoms with Crippen molar-refractivity contribution in [3.8, 4) is 0 Å². The fourth-order valence-corrected chi connectivity index (χ4v) is 0.580. The number of carbonyl (C=O) groups excluding carboxylic acids is 1. The minimum absolute atomic E-state index is 0.0880. The van der Waals surface area contributed by atoms with E-state index in [0.29, 0.717) is 4.48 Å². The zero-order valence-electron chi connectivity index (χ0n) is 8.14. The lowest BCUT2D eigenvalue weighted by Gasteiger charge is -2.39. The van der Waals surface area contributed by atoms with Crippen LogP contribution in [-0.4, -0.2) is 36.9 Å². The van der Waals surface area contributed by atoms with Crippen molar-refractivity contribution < 1.29 is 9.28 Å². The van der Waals surface area contributed by atoms with E-state index in [4.69, 9.17) is 0 Å². The predicted molar refractivity (Wildman–Crippen MR) is 47.3 cm³/mol. The average Bonchev–Trinajstić information content (AvgIpc) is 1.83. The molecule has 0 aromatic heterocycles. The molecule has 0 aliphatic carbocycles. The van der Waals surface area contributed by atoms with E-state index < -0.39 is 0 Å². The van der Waals surface area contributed by atoms with Gasteiger partial charge in [0.1, 0.15) is 0 Å². The molecule has 11 heavy (non-hydrogen) atoms. The lowest BCUT2D eigenvalue weighted by molar-refractivity contribution is -0.908. The first-order valence-electron chi connectivity index (χ1n) is 3.72. The third kappa shape index (κ3) is 1.90. The molecular weight excluding hydrogens is 138 g/mol. The van der Waals surface area contributed by atoms with Gasteiger partial charge in [-0.2, -0.15) is 0 Å². The van der Waals surface area contributed by atoms with Crippen molar-refractivity contribution in [1.29, 1.82) is 0 Å². The van der Waals surface area contributed by atoms with Crippen molar-refractivity contribution in [1.82, 2.24) is 0 Å². The second-order valence-corrected chi connectivity index (χ2v) is 4.14. The first-order valence-corrected chi connectivity index (χ1v) is 3.72. The molecule has 0 amide bonds. The van der Waals surface area contributed by atoms with Crippen LogP contribution in [0.2, 0.25) is 0 Å². The summed E-state index contributed by atoms with van der Waals surface area (Å²) in [4.78, 5) is 11.3. The van der Waals surface area contributed by atoms with E-state index in [0.717, 1.165) is 0 Å². The fourth-order valence-electron chi connectivity index (χ4n) is 0.580. The van der Waals surface area contributed by atoms with Crippen LogP contribution in [0, 0.1) is 0 Å². The normalized spacial score (nSPS) is 12.8. The molecule has 2 nitrogen and oxygen atoms in total. The van der Waals surface area contributed by atoms with E-state index >= 15 is 0 Å². The van der Waals surface area contributed by atoms with E-state index in [1.54, 1.807) is 0 Å². The molecule has 0 saturated heterocycles. The number of hydrogen-bond acceptors (Lipinski definition) is 1. The van der Waals surface area contributed by atoms with Crippen molar-refractivity contribution in [3.05, 3.63) is 12.7 Å². The summed E-state index contributed by atoms with van der Waals surface area (Å²) in [6.07, 6.45) is 1.39. The van der Waals surface area contributed by atoms with Gasteiger partial charge in [0.05, 0.1) is 21.1 Å². The van der Waals surface area contributed by atoms with Crippen molar-refractivity contribution in [2.75, 3.05) is 21.1 Å². The van der Waals surface area contributed by atoms with Gasteiger partial charge in [0.2, 0.25) is 5.78 Å². The van der Waals surface area contributed by atoms with Gasteiger partial charge in [-0.15, -0.1) is 0 Å². The Morgan fingerprint density at radius 3 is 1.82 bits per heavy atom. The SMILES string of the molecule is C=CC(=O)C(C)(C)[N+](C)(C)C. The standard InChI is InChI=1S/C9H18NO/c1-7-8(11)9(2,3)10(4,5)6/h7H,1H2,2-6H3/q+1. The minimum atomic E-state index is -0.373. The molecule has 0 aliphatic rings. The molecule has 0 rings (SSSR count). The van der Waals surface area contributed by atoms with Gasteiger partial charge in [0.15, 0.2) is 5.54 Å². The Morgan fingerprint density at radius 1 is 1.36 bits per heavy atom. The van der Waals surface area contributed by atoms with Crippen LogP contribution >= 0.6 is 0 Å². The van der Waals surface area contributed by atoms with Crippen LogP contribution in [0.15, 0.2) is 12.7 Å². The number of hydrogen-bond donors (Lipinski definition) is 0. The number of ketones is 1. The molecule has 0 aromatic carbocycles. The molecule has 64 valence electrons. The highest BCUT2D eigenvalue weighted by atomic mass is 16.1. The van der Waals surface area contributed by atoms with Gasteiger partial charge in [0.25, 0.3) is 0 Å². The number of likely N-dealkylation sites (N-methyl/N-ethyl adjacent to an activating group) is 1. The second-order valence-electron chi connectivity index (χ2n) is 4.14. The first-order chi connectivity index (χ1) is 4.73. The van der Waals surface area contributed by atoms with E-state index in [1.165, 1.54) is 6.08 Å². The van der Waals surface area contributed by atoms with Crippen molar-refractivity contribution in [2.45, 2.75) is 19.4 Å². The van der Waals surface area contributed by atoms with Crippen LogP contribution in [-0.2, 0) is 4.79 Å². The number of rotatable bonds is 3. The van der Waals surface area contributed by atoms with Gasteiger partial charge in [-0.05, 0) is 19.9 Å². The van der Waals surface area contributed by atoms with E-state index in [9.17, 15) is 4.79 Å². The summed E-state index contributed by atoms with van der Waals surface area (Å²) in [6, 6.07) is 0. The molecule has 0 unspecified atom stereocenters. The maximum absolute atomic E-state index is 11.3. The molecule has 0 heterocycles. The Balaban J connectivity index is 4.73. The Kier molecular flexibility index (Phi) is 2.62. The molecule has 0 bridgehead atoms. The van der Waals surface area contributed by atoms with Gasteiger partial charge >= 0.3 is 0 Å². The summed E-state index contributed by atoms with van der Waals surface area (Å²) in [7, 11) is 6.00. The average molecular weight is 156 g/mol. The summed E-state index contributed by atoms with van der Waals surface area (Å²) in [5.41, 5.74) is -0.373. The van der Waals surface area contributed by atoms with Crippen LogP contribution in [0.4, 0.5) is 0 Å². The smallest absolute Gasteiger partial charge is 0.214 e. The van der Waals surface area contributed by atoms with E-state index in [-0.39, 0.29) is 11.3 Å². The van der Waals surface area contributed by atoms with Crippen molar-refractivity contribution >= 4 is 5.78 Å². The lowest BCUT2D eigenvalue weighted by atomic mass is 9.95. The van der Waals surface area contributed by atoms with E-state index in [2.05, 4.69) is 6.58 Å². The van der Waals surface area contributed by atoms with Crippen LogP contribution in [0.1, 0.15) is 13.8 Å². The van der Waals surface area contributed by atoms with Crippen LogP contribution in [0.3, 0.4) is 0 Å². The van der Waals surface area contributed by atoms with Gasteiger partial charge in [-0.1, -0.05) is 6.58 Å². The molecule has 0 atom stereocenters. The lowest BCUT2D eigenvalue weighted by Crippen LogP contribution is -2.57. The fraction of sp³-hybridized carbons (Fsp3) is 0.667. The number of nitrogens with zero attached hydrogens (tertiary/aromatic N) is 1. The molecular formula is C9H18NO+. The number of quaternary nitrogens is 1. The first kappa shape index (κ1) is 10.4. The highest BCUT2D eigenvalue weighted by Gasteiger charge is 2.38. The Hall–Kier alpha value is -0.630. The summed E-state index contributed by atoms with van der Waals surface area (Å²) < 4.78 is 0.623. The van der Waals surface area contributed by atoms with Crippen molar-refractivity contribution in [2.24, 2.45) is 0 Å². The summed E-state index contributed by atoms with van der Waals surface area (Å²) in [5, 5.41) is 0. The van der Waals surface area contributed by atoms with Gasteiger partial charge in [0, 0.05) is 0 Å². The molecule has 0 spiro atoms. The monoisotopic (exact) mass is 156 g/mol. The maximum atomic E-state index is 11.3. The molecule has 0 aromatic rings. The highest BCUT2D eigenvalue weighted by Crippen LogP contribution is 2.18. The predicted octanol–water partition coefficient (Wildman–Crippen LogP) is 1.23. The molecule has 2 heteroatoms. The Labute approximate surface area is 69.1 Å². The second kappa shape index (κ2) is 2.78. The van der Waals surface area contributed by atoms with Crippen LogP contribution < -0.4 is 0 Å². The maximum Gasteiger partial charge on any atom is 0.214 e. The topological polar surface area (TPSA) is 17.1 Å². The number of carbonyl (C=O) groups is 1.